The Balaban J connectivity index is 1.64. The Morgan fingerprint density at radius 3 is 2.51 bits per heavy atom. The first-order chi connectivity index (χ1) is 18.7. The fraction of sp³-hybridized carbons (Fsp3) is 0.360. The molecule has 1 aliphatic heterocycles. The van der Waals surface area contributed by atoms with Crippen molar-refractivity contribution in [3.05, 3.63) is 59.2 Å². The molecule has 5 atom stereocenters. The minimum atomic E-state index is -1.65. The maximum atomic E-state index is 11.8. The van der Waals surface area contributed by atoms with Gasteiger partial charge in [-0.1, -0.05) is 11.6 Å². The number of hydrogen-bond acceptors (Lipinski definition) is 11. The Labute approximate surface area is 228 Å². The molecule has 4 rings (SSSR count). The van der Waals surface area contributed by atoms with Gasteiger partial charge in [0.15, 0.2) is 0 Å². The predicted molar refractivity (Wildman–Crippen MR) is 136 cm³/mol. The van der Waals surface area contributed by atoms with Crippen molar-refractivity contribution in [2.45, 2.75) is 37.3 Å². The molecule has 0 unspecified atom stereocenters. The zero-order valence-corrected chi connectivity index (χ0v) is 21.7. The molecular weight excluding hydrogens is 538 g/mol. The van der Waals surface area contributed by atoms with Crippen molar-refractivity contribution in [1.82, 2.24) is 9.78 Å². The van der Waals surface area contributed by atoms with Gasteiger partial charge in [0, 0.05) is 10.6 Å². The number of aromatic nitrogens is 2. The summed E-state index contributed by atoms with van der Waals surface area (Å²) < 4.78 is 28.6. The number of carbonyl (C=O) groups excluding carboxylic acids is 1. The van der Waals surface area contributed by atoms with Crippen molar-refractivity contribution in [2.24, 2.45) is 0 Å². The van der Waals surface area contributed by atoms with Gasteiger partial charge in [-0.3, -0.25) is 5.32 Å². The van der Waals surface area contributed by atoms with Crippen LogP contribution in [-0.4, -0.2) is 87.8 Å². The number of carbonyl (C=O) groups is 1. The highest BCUT2D eigenvalue weighted by molar-refractivity contribution is 6.30. The van der Waals surface area contributed by atoms with Crippen molar-refractivity contribution in [2.75, 3.05) is 26.1 Å². The van der Waals surface area contributed by atoms with Crippen LogP contribution in [0.4, 0.5) is 10.5 Å². The molecule has 2 aromatic carbocycles. The number of amides is 1. The lowest BCUT2D eigenvalue weighted by molar-refractivity contribution is -0.277. The van der Waals surface area contributed by atoms with E-state index < -0.39 is 43.4 Å². The number of methoxy groups -OCH3 is 2. The first-order valence-electron chi connectivity index (χ1n) is 11.7. The van der Waals surface area contributed by atoms with Gasteiger partial charge in [-0.25, -0.2) is 9.48 Å². The lowest BCUT2D eigenvalue weighted by Crippen LogP contribution is -2.60. The quantitative estimate of drug-likeness (QED) is 0.254. The van der Waals surface area contributed by atoms with Gasteiger partial charge in [-0.2, -0.15) is 0 Å². The molecule has 0 spiro atoms. The normalized spacial score (nSPS) is 22.7. The number of aliphatic hydroxyl groups is 4. The Morgan fingerprint density at radius 2 is 1.85 bits per heavy atom. The number of nitrogens with one attached hydrogen (secondary N) is 1. The maximum Gasteiger partial charge on any atom is 0.411 e. The average molecular weight is 566 g/mol. The largest absolute Gasteiger partial charge is 0.497 e. The van der Waals surface area contributed by atoms with E-state index in [0.717, 1.165) is 0 Å². The highest BCUT2D eigenvalue weighted by atomic mass is 35.5. The van der Waals surface area contributed by atoms with Crippen molar-refractivity contribution >= 4 is 23.4 Å². The van der Waals surface area contributed by atoms with Crippen molar-refractivity contribution in [3.63, 3.8) is 0 Å². The topological polar surface area (TPSA) is 174 Å². The number of anilines is 1. The molecule has 39 heavy (non-hydrogen) atoms. The molecule has 13 nitrogen and oxygen atoms in total. The van der Waals surface area contributed by atoms with E-state index in [1.165, 1.54) is 25.1 Å². The molecule has 3 aromatic rings. The second-order valence-electron chi connectivity index (χ2n) is 8.46. The Kier molecular flexibility index (Phi) is 9.12. The lowest BCUT2D eigenvalue weighted by atomic mass is 9.99. The maximum absolute atomic E-state index is 11.8. The van der Waals surface area contributed by atoms with E-state index >= 15 is 0 Å². The lowest BCUT2D eigenvalue weighted by Gasteiger charge is -2.39. The summed E-state index contributed by atoms with van der Waals surface area (Å²) in [7, 11) is 2.73. The van der Waals surface area contributed by atoms with E-state index in [1.807, 2.05) is 0 Å². The van der Waals surface area contributed by atoms with Gasteiger partial charge in [0.2, 0.25) is 12.0 Å². The van der Waals surface area contributed by atoms with Crippen LogP contribution in [-0.2, 0) is 16.1 Å². The Bertz CT molecular complexity index is 1270. The molecule has 1 aromatic heterocycles. The van der Waals surface area contributed by atoms with Crippen LogP contribution in [0, 0.1) is 0 Å². The Morgan fingerprint density at radius 1 is 1.10 bits per heavy atom. The fourth-order valence-electron chi connectivity index (χ4n) is 3.78. The number of rotatable bonds is 9. The van der Waals surface area contributed by atoms with E-state index in [0.29, 0.717) is 27.7 Å². The minimum Gasteiger partial charge on any atom is -0.497 e. The molecule has 0 bridgehead atoms. The van der Waals surface area contributed by atoms with Crippen LogP contribution in [0.1, 0.15) is 5.56 Å². The number of benzene rings is 2. The summed E-state index contributed by atoms with van der Waals surface area (Å²) in [5.41, 5.74) is 1.51. The van der Waals surface area contributed by atoms with E-state index in [4.69, 9.17) is 30.5 Å². The number of halogens is 1. The molecule has 210 valence electrons. The van der Waals surface area contributed by atoms with Crippen LogP contribution in [0.3, 0.4) is 0 Å². The Hall–Kier alpha value is -3.59. The second kappa shape index (κ2) is 12.5. The van der Waals surface area contributed by atoms with Crippen LogP contribution in [0.25, 0.3) is 5.69 Å². The van der Waals surface area contributed by atoms with Gasteiger partial charge in [0.25, 0.3) is 5.88 Å². The molecule has 1 fully saturated rings. The molecule has 14 heteroatoms. The summed E-state index contributed by atoms with van der Waals surface area (Å²) in [6.07, 6.45) is -6.71. The SMILES string of the molecule is COC(=O)Nc1ccc(OC)cc1COc1nn(-c2ccc(Cl)cc2)cc1O[C@H]1O[C@H](CO)[C@@H](O)[C@H](O)[C@H]1O. The number of ether oxygens (including phenoxy) is 5. The molecular formula is C25H28ClN3O10. The summed E-state index contributed by atoms with van der Waals surface area (Å²) in [4.78, 5) is 11.8. The molecule has 5 N–H and O–H groups in total. The van der Waals surface area contributed by atoms with Gasteiger partial charge in [-0.05, 0) is 42.5 Å². The third kappa shape index (κ3) is 6.53. The zero-order chi connectivity index (χ0) is 28.1. The predicted octanol–water partition coefficient (Wildman–Crippen LogP) is 1.47. The number of hydrogen-bond donors (Lipinski definition) is 5. The van der Waals surface area contributed by atoms with E-state index in [2.05, 4.69) is 15.2 Å². The van der Waals surface area contributed by atoms with Crippen molar-refractivity contribution < 1.29 is 48.9 Å². The monoisotopic (exact) mass is 565 g/mol. The first-order valence-corrected chi connectivity index (χ1v) is 12.1. The van der Waals surface area contributed by atoms with Gasteiger partial charge in [0.05, 0.1) is 38.4 Å². The third-order valence-electron chi connectivity index (χ3n) is 5.93. The van der Waals surface area contributed by atoms with E-state index in [1.54, 1.807) is 42.5 Å². The summed E-state index contributed by atoms with van der Waals surface area (Å²) in [5.74, 6) is 0.488. The van der Waals surface area contributed by atoms with Gasteiger partial charge >= 0.3 is 6.09 Å². The molecule has 1 aliphatic rings. The van der Waals surface area contributed by atoms with Crippen LogP contribution < -0.4 is 19.5 Å². The first kappa shape index (κ1) is 28.4. The molecule has 0 saturated carbocycles. The van der Waals surface area contributed by atoms with Crippen LogP contribution in [0.15, 0.2) is 48.7 Å². The summed E-state index contributed by atoms with van der Waals surface area (Å²) >= 11 is 6.00. The van der Waals surface area contributed by atoms with E-state index in [9.17, 15) is 25.2 Å². The van der Waals surface area contributed by atoms with Gasteiger partial charge in [0.1, 0.15) is 36.8 Å². The van der Waals surface area contributed by atoms with Crippen LogP contribution >= 0.6 is 11.6 Å². The molecule has 2 heterocycles. The van der Waals surface area contributed by atoms with Crippen LogP contribution in [0.2, 0.25) is 5.02 Å². The van der Waals surface area contributed by atoms with Crippen molar-refractivity contribution in [3.8, 4) is 23.1 Å². The second-order valence-corrected chi connectivity index (χ2v) is 8.90. The molecule has 0 aliphatic carbocycles. The number of aliphatic hydroxyl groups excluding tert-OH is 4. The summed E-state index contributed by atoms with van der Waals surface area (Å²) in [6.45, 7) is -0.733. The molecule has 1 amide bonds. The minimum absolute atomic E-state index is 0.0136. The smallest absolute Gasteiger partial charge is 0.411 e. The van der Waals surface area contributed by atoms with E-state index in [-0.39, 0.29) is 18.2 Å². The summed E-state index contributed by atoms with van der Waals surface area (Å²) in [5, 5.41) is 47.7. The standard InChI is InChI=1S/C25H28ClN3O10/c1-35-16-7-8-17(27-25(34)36-2)13(9-16)12-37-23-18(10-29(28-23)15-5-3-14(26)4-6-15)38-24-22(33)21(32)20(31)19(11-30)39-24/h3-10,19-22,24,30-33H,11-12H2,1-2H3,(H,27,34)/t19-,20-,21+,22-,24+/m1/s1. The molecule has 1 saturated heterocycles. The fourth-order valence-corrected chi connectivity index (χ4v) is 3.91. The highest BCUT2D eigenvalue weighted by Gasteiger charge is 2.45. The zero-order valence-electron chi connectivity index (χ0n) is 20.9. The third-order valence-corrected chi connectivity index (χ3v) is 6.18. The summed E-state index contributed by atoms with van der Waals surface area (Å²) in [6, 6.07) is 11.7. The van der Waals surface area contributed by atoms with Gasteiger partial charge in [-0.15, -0.1) is 5.10 Å². The van der Waals surface area contributed by atoms with Crippen molar-refractivity contribution in [1.29, 1.82) is 0 Å². The van der Waals surface area contributed by atoms with Gasteiger partial charge < -0.3 is 44.1 Å². The average Bonchev–Trinajstić information content (AvgIpc) is 3.35. The highest BCUT2D eigenvalue weighted by Crippen LogP contribution is 2.33. The van der Waals surface area contributed by atoms with Crippen LogP contribution in [0.5, 0.6) is 17.4 Å². The molecule has 0 radical (unpaired) electrons. The number of nitrogens with zero attached hydrogens (tertiary/aromatic N) is 2.